The van der Waals surface area contributed by atoms with Gasteiger partial charge >= 0.3 is 5.97 Å². The number of carbonyl (C=O) groups is 1. The normalized spacial score (nSPS) is 22.5. The monoisotopic (exact) mass is 507 g/mol. The second kappa shape index (κ2) is 17.1. The number of aliphatic hydroxyl groups excluding tert-OH is 3. The van der Waals surface area contributed by atoms with E-state index < -0.39 is 23.4 Å². The van der Waals surface area contributed by atoms with Crippen LogP contribution in [0.5, 0.6) is 0 Å². The van der Waals surface area contributed by atoms with Crippen LogP contribution in [-0.4, -0.2) is 57.9 Å². The number of benzene rings is 1. The van der Waals surface area contributed by atoms with Crippen LogP contribution in [0.25, 0.3) is 0 Å². The Morgan fingerprint density at radius 1 is 1.06 bits per heavy atom. The Morgan fingerprint density at radius 3 is 2.53 bits per heavy atom. The van der Waals surface area contributed by atoms with Crippen LogP contribution in [0.15, 0.2) is 42.5 Å². The summed E-state index contributed by atoms with van der Waals surface area (Å²) in [5, 5.41) is 40.5. The van der Waals surface area contributed by atoms with E-state index in [2.05, 4.69) is 17.0 Å². The molecule has 0 saturated heterocycles. The molecule has 9 nitrogen and oxygen atoms in total. The van der Waals surface area contributed by atoms with Crippen molar-refractivity contribution in [2.24, 2.45) is 11.8 Å². The van der Waals surface area contributed by atoms with Gasteiger partial charge in [-0.3, -0.25) is 4.79 Å². The highest BCUT2D eigenvalue weighted by molar-refractivity contribution is 5.69. The maximum atomic E-state index is 11.7. The Morgan fingerprint density at radius 2 is 1.78 bits per heavy atom. The first-order chi connectivity index (χ1) is 17.4. The summed E-state index contributed by atoms with van der Waals surface area (Å²) in [6.45, 7) is 0.220. The standard InChI is InChI=1S/C27H41NO8/c29-22(15-14-21-10-4-3-5-11-21)16-17-24-23(25(30)20-26(24)31)12-6-1-2-7-13-27(32)35-18-8-9-19-36-28(33)34/h1,3-6,10-11,22-26,29-31H,2,7-9,12-20H2/b6-1-. The molecule has 0 aliphatic heterocycles. The Labute approximate surface area is 213 Å². The van der Waals surface area contributed by atoms with Gasteiger partial charge < -0.3 is 24.9 Å². The van der Waals surface area contributed by atoms with E-state index in [1.54, 1.807) is 0 Å². The molecule has 202 valence electrons. The van der Waals surface area contributed by atoms with Gasteiger partial charge in [0.1, 0.15) is 0 Å². The summed E-state index contributed by atoms with van der Waals surface area (Å²) in [7, 11) is 0. The molecule has 1 fully saturated rings. The minimum atomic E-state index is -0.839. The minimum absolute atomic E-state index is 0.00222. The molecule has 3 N–H and O–H groups in total. The van der Waals surface area contributed by atoms with Crippen molar-refractivity contribution in [1.82, 2.24) is 0 Å². The fourth-order valence-electron chi connectivity index (χ4n) is 4.75. The predicted octanol–water partition coefficient (Wildman–Crippen LogP) is 3.77. The van der Waals surface area contributed by atoms with Crippen molar-refractivity contribution < 1.29 is 34.8 Å². The summed E-state index contributed by atoms with van der Waals surface area (Å²) < 4.78 is 5.10. The number of allylic oxidation sites excluding steroid dienone is 2. The minimum Gasteiger partial charge on any atom is -0.466 e. The molecule has 0 spiro atoms. The Hall–Kier alpha value is -2.49. The van der Waals surface area contributed by atoms with Crippen LogP contribution in [0.4, 0.5) is 0 Å². The second-order valence-corrected chi connectivity index (χ2v) is 9.54. The predicted molar refractivity (Wildman–Crippen MR) is 134 cm³/mol. The molecule has 0 radical (unpaired) electrons. The molecule has 0 aromatic heterocycles. The molecule has 0 bridgehead atoms. The van der Waals surface area contributed by atoms with E-state index in [-0.39, 0.29) is 31.0 Å². The quantitative estimate of drug-likeness (QED) is 0.0897. The Balaban J connectivity index is 1.60. The number of esters is 1. The smallest absolute Gasteiger partial charge is 0.305 e. The van der Waals surface area contributed by atoms with Crippen molar-refractivity contribution in [1.29, 1.82) is 0 Å². The highest BCUT2D eigenvalue weighted by Gasteiger charge is 2.40. The van der Waals surface area contributed by atoms with Gasteiger partial charge in [0.25, 0.3) is 5.09 Å². The molecule has 5 unspecified atom stereocenters. The van der Waals surface area contributed by atoms with Gasteiger partial charge in [-0.1, -0.05) is 42.5 Å². The van der Waals surface area contributed by atoms with Crippen molar-refractivity contribution in [3.63, 3.8) is 0 Å². The summed E-state index contributed by atoms with van der Waals surface area (Å²) in [5.41, 5.74) is 1.20. The van der Waals surface area contributed by atoms with Gasteiger partial charge in [0.15, 0.2) is 0 Å². The third-order valence-electron chi connectivity index (χ3n) is 6.79. The van der Waals surface area contributed by atoms with Gasteiger partial charge in [0, 0.05) is 6.42 Å². The first-order valence-corrected chi connectivity index (χ1v) is 13.0. The van der Waals surface area contributed by atoms with E-state index in [1.165, 1.54) is 5.56 Å². The lowest BCUT2D eigenvalue weighted by atomic mass is 9.85. The molecule has 2 rings (SSSR count). The Bertz CT molecular complexity index is 787. The SMILES string of the molecule is O=C(CCC/C=C\CC1C(O)CC(O)C1CCC(O)CCc1ccccc1)OCCCCO[N+](=O)[O-]. The zero-order valence-electron chi connectivity index (χ0n) is 21.0. The molecule has 1 aliphatic rings. The van der Waals surface area contributed by atoms with E-state index in [0.717, 1.165) is 6.42 Å². The van der Waals surface area contributed by atoms with Crippen LogP contribution in [-0.2, 0) is 20.8 Å². The molecule has 1 aromatic carbocycles. The van der Waals surface area contributed by atoms with Crippen molar-refractivity contribution in [2.45, 2.75) is 88.9 Å². The van der Waals surface area contributed by atoms with E-state index in [9.17, 15) is 30.2 Å². The molecule has 5 atom stereocenters. The summed E-state index contributed by atoms with van der Waals surface area (Å²) in [6.07, 6.45) is 8.87. The van der Waals surface area contributed by atoms with Crippen LogP contribution in [0.3, 0.4) is 0 Å². The lowest BCUT2D eigenvalue weighted by Crippen LogP contribution is -2.23. The number of hydrogen-bond donors (Lipinski definition) is 3. The summed E-state index contributed by atoms with van der Waals surface area (Å²) in [6, 6.07) is 10.1. The maximum absolute atomic E-state index is 11.7. The number of nitrogens with zero attached hydrogens (tertiary/aromatic N) is 1. The highest BCUT2D eigenvalue weighted by atomic mass is 16.9. The zero-order chi connectivity index (χ0) is 26.2. The fourth-order valence-corrected chi connectivity index (χ4v) is 4.75. The van der Waals surface area contributed by atoms with Gasteiger partial charge in [-0.05, 0) is 81.6 Å². The number of aryl methyl sites for hydroxylation is 1. The number of carbonyl (C=O) groups excluding carboxylic acids is 1. The van der Waals surface area contributed by atoms with Crippen molar-refractivity contribution in [3.05, 3.63) is 58.2 Å². The topological polar surface area (TPSA) is 139 Å². The first kappa shape index (κ1) is 29.7. The average Bonchev–Trinajstić information content (AvgIpc) is 3.12. The summed E-state index contributed by atoms with van der Waals surface area (Å²) in [5.74, 6) is -0.373. The van der Waals surface area contributed by atoms with E-state index in [0.29, 0.717) is 64.2 Å². The highest BCUT2D eigenvalue weighted by Crippen LogP contribution is 2.38. The molecule has 0 amide bonds. The summed E-state index contributed by atoms with van der Waals surface area (Å²) >= 11 is 0. The number of unbranched alkanes of at least 4 members (excludes halogenated alkanes) is 2. The van der Waals surface area contributed by atoms with Crippen molar-refractivity contribution >= 4 is 5.97 Å². The lowest BCUT2D eigenvalue weighted by molar-refractivity contribution is -0.757. The van der Waals surface area contributed by atoms with Crippen LogP contribution in [0, 0.1) is 22.0 Å². The first-order valence-electron chi connectivity index (χ1n) is 13.0. The molecule has 0 heterocycles. The molecule has 1 saturated carbocycles. The maximum Gasteiger partial charge on any atom is 0.305 e. The largest absolute Gasteiger partial charge is 0.466 e. The summed E-state index contributed by atoms with van der Waals surface area (Å²) in [4.78, 5) is 26.0. The third-order valence-corrected chi connectivity index (χ3v) is 6.79. The number of ether oxygens (including phenoxy) is 1. The Kier molecular flexibility index (Phi) is 14.1. The van der Waals surface area contributed by atoms with Crippen LogP contribution < -0.4 is 0 Å². The van der Waals surface area contributed by atoms with Crippen molar-refractivity contribution in [2.75, 3.05) is 13.2 Å². The van der Waals surface area contributed by atoms with Crippen molar-refractivity contribution in [3.8, 4) is 0 Å². The van der Waals surface area contributed by atoms with Gasteiger partial charge in [-0.2, -0.15) is 0 Å². The third kappa shape index (κ3) is 12.0. The molecule has 9 heteroatoms. The van der Waals surface area contributed by atoms with Gasteiger partial charge in [0.2, 0.25) is 0 Å². The molecule has 36 heavy (non-hydrogen) atoms. The molecule has 1 aliphatic carbocycles. The molecular formula is C27H41NO8. The van der Waals surface area contributed by atoms with E-state index in [1.807, 2.05) is 30.4 Å². The van der Waals surface area contributed by atoms with Crippen LogP contribution >= 0.6 is 0 Å². The lowest BCUT2D eigenvalue weighted by Gasteiger charge is -2.23. The molecular weight excluding hydrogens is 466 g/mol. The van der Waals surface area contributed by atoms with Gasteiger partial charge in [-0.25, -0.2) is 0 Å². The van der Waals surface area contributed by atoms with E-state index in [4.69, 9.17) is 4.74 Å². The van der Waals surface area contributed by atoms with Gasteiger partial charge in [-0.15, -0.1) is 10.1 Å². The molecule has 1 aromatic rings. The van der Waals surface area contributed by atoms with E-state index >= 15 is 0 Å². The average molecular weight is 508 g/mol. The van der Waals surface area contributed by atoms with Crippen LogP contribution in [0.1, 0.15) is 69.8 Å². The second-order valence-electron chi connectivity index (χ2n) is 9.54. The number of aliphatic hydroxyl groups is 3. The zero-order valence-corrected chi connectivity index (χ0v) is 21.0. The van der Waals surface area contributed by atoms with Gasteiger partial charge in [0.05, 0.1) is 31.5 Å². The van der Waals surface area contributed by atoms with Crippen LogP contribution in [0.2, 0.25) is 0 Å². The number of hydrogen-bond acceptors (Lipinski definition) is 8. The fraction of sp³-hybridized carbons (Fsp3) is 0.667. The number of rotatable bonds is 18.